The van der Waals surface area contributed by atoms with Gasteiger partial charge in [0.05, 0.1) is 5.39 Å². The smallest absolute Gasteiger partial charge is 0.346 e. The third kappa shape index (κ3) is 2.18. The Morgan fingerprint density at radius 1 is 1.35 bits per heavy atom. The molecule has 106 valence electrons. The van der Waals surface area contributed by atoms with E-state index < -0.39 is 24.0 Å². The van der Waals surface area contributed by atoms with Gasteiger partial charge >= 0.3 is 11.9 Å². The van der Waals surface area contributed by atoms with Gasteiger partial charge in [0, 0.05) is 6.42 Å². The van der Waals surface area contributed by atoms with Crippen molar-refractivity contribution in [3.8, 4) is 0 Å². The highest BCUT2D eigenvalue weighted by Crippen LogP contribution is 2.27. The van der Waals surface area contributed by atoms with Crippen LogP contribution in [0.25, 0.3) is 10.2 Å². The van der Waals surface area contributed by atoms with Crippen LogP contribution in [-0.2, 0) is 17.8 Å². The van der Waals surface area contributed by atoms with E-state index in [-0.39, 0.29) is 10.3 Å². The van der Waals surface area contributed by atoms with Crippen LogP contribution < -0.4 is 5.56 Å². The molecule has 8 heteroatoms. The maximum atomic E-state index is 12.4. The molecule has 0 amide bonds. The Labute approximate surface area is 117 Å². The number of fused-ring (bicyclic) bond motifs is 1. The van der Waals surface area contributed by atoms with Crippen molar-refractivity contribution >= 4 is 33.5 Å². The summed E-state index contributed by atoms with van der Waals surface area (Å²) in [7, 11) is 0. The summed E-state index contributed by atoms with van der Waals surface area (Å²) in [6.45, 7) is 2.80. The van der Waals surface area contributed by atoms with Crippen molar-refractivity contribution < 1.29 is 19.8 Å². The summed E-state index contributed by atoms with van der Waals surface area (Å²) >= 11 is 0.932. The monoisotopic (exact) mass is 296 g/mol. The van der Waals surface area contributed by atoms with E-state index in [0.29, 0.717) is 22.6 Å². The fourth-order valence-electron chi connectivity index (χ4n) is 2.03. The molecule has 2 N–H and O–H groups in total. The normalized spacial score (nSPS) is 10.9. The van der Waals surface area contributed by atoms with Gasteiger partial charge in [0.25, 0.3) is 5.56 Å². The highest BCUT2D eigenvalue weighted by atomic mass is 32.1. The minimum atomic E-state index is -1.14. The number of thiophene rings is 1. The molecule has 2 heterocycles. The van der Waals surface area contributed by atoms with Gasteiger partial charge in [0.15, 0.2) is 0 Å². The van der Waals surface area contributed by atoms with Gasteiger partial charge in [0.1, 0.15) is 22.1 Å². The zero-order valence-corrected chi connectivity index (χ0v) is 11.7. The number of carboxylic acids is 2. The molecule has 0 saturated heterocycles. The molecule has 0 aliphatic carbocycles. The van der Waals surface area contributed by atoms with E-state index >= 15 is 0 Å². The number of aliphatic carboxylic acids is 1. The Balaban J connectivity index is 2.85. The van der Waals surface area contributed by atoms with Crippen LogP contribution in [0.15, 0.2) is 4.79 Å². The van der Waals surface area contributed by atoms with Gasteiger partial charge in [-0.1, -0.05) is 6.92 Å². The molecule has 0 spiro atoms. The van der Waals surface area contributed by atoms with Crippen molar-refractivity contribution in [2.24, 2.45) is 0 Å². The molecule has 0 saturated carbocycles. The van der Waals surface area contributed by atoms with Crippen LogP contribution in [0, 0.1) is 6.92 Å². The summed E-state index contributed by atoms with van der Waals surface area (Å²) in [6.07, 6.45) is 0.387. The largest absolute Gasteiger partial charge is 0.480 e. The molecular weight excluding hydrogens is 284 g/mol. The molecule has 0 fully saturated rings. The van der Waals surface area contributed by atoms with E-state index in [9.17, 15) is 14.4 Å². The first kappa shape index (κ1) is 14.2. The van der Waals surface area contributed by atoms with E-state index in [1.54, 1.807) is 6.92 Å². The van der Waals surface area contributed by atoms with Crippen LogP contribution in [0.2, 0.25) is 0 Å². The van der Waals surface area contributed by atoms with Gasteiger partial charge < -0.3 is 10.2 Å². The number of hydrogen-bond donors (Lipinski definition) is 2. The van der Waals surface area contributed by atoms with Crippen LogP contribution >= 0.6 is 11.3 Å². The zero-order valence-electron chi connectivity index (χ0n) is 10.8. The lowest BCUT2D eigenvalue weighted by atomic mass is 10.2. The predicted octanol–water partition coefficient (Wildman–Crippen LogP) is 1.11. The fraction of sp³-hybridized carbons (Fsp3) is 0.333. The molecule has 2 aromatic heterocycles. The Hall–Kier alpha value is -2.22. The first-order chi connectivity index (χ1) is 9.36. The van der Waals surface area contributed by atoms with Crippen LogP contribution in [0.1, 0.15) is 28.0 Å². The maximum Gasteiger partial charge on any atom is 0.346 e. The van der Waals surface area contributed by atoms with E-state index in [4.69, 9.17) is 10.2 Å². The molecule has 0 aliphatic heterocycles. The van der Waals surface area contributed by atoms with Crippen molar-refractivity contribution in [2.45, 2.75) is 26.8 Å². The van der Waals surface area contributed by atoms with Crippen LogP contribution in [0.3, 0.4) is 0 Å². The molecule has 2 rings (SSSR count). The lowest BCUT2D eigenvalue weighted by molar-refractivity contribution is -0.137. The van der Waals surface area contributed by atoms with Crippen molar-refractivity contribution in [3.63, 3.8) is 0 Å². The highest BCUT2D eigenvalue weighted by Gasteiger charge is 2.21. The third-order valence-electron chi connectivity index (χ3n) is 2.93. The number of carboxylic acid groups (broad SMARTS) is 2. The minimum absolute atomic E-state index is 0.0553. The Bertz CT molecular complexity index is 774. The minimum Gasteiger partial charge on any atom is -0.480 e. The number of rotatable bonds is 4. The first-order valence-corrected chi connectivity index (χ1v) is 6.66. The number of hydrogen-bond acceptors (Lipinski definition) is 5. The number of aromatic nitrogens is 2. The second-order valence-electron chi connectivity index (χ2n) is 4.21. The van der Waals surface area contributed by atoms with Gasteiger partial charge in [-0.25, -0.2) is 9.78 Å². The second kappa shape index (κ2) is 5.04. The summed E-state index contributed by atoms with van der Waals surface area (Å²) in [5, 5.41) is 18.1. The fourth-order valence-corrected chi connectivity index (χ4v) is 3.06. The average molecular weight is 296 g/mol. The van der Waals surface area contributed by atoms with Crippen LogP contribution in [0.4, 0.5) is 0 Å². The Morgan fingerprint density at radius 2 is 2.00 bits per heavy atom. The molecule has 0 bridgehead atoms. The number of nitrogens with zero attached hydrogens (tertiary/aromatic N) is 2. The Kier molecular flexibility index (Phi) is 3.58. The van der Waals surface area contributed by atoms with Gasteiger partial charge in [-0.05, 0) is 12.5 Å². The summed E-state index contributed by atoms with van der Waals surface area (Å²) in [5.41, 5.74) is -0.174. The molecule has 20 heavy (non-hydrogen) atoms. The Morgan fingerprint density at radius 3 is 2.50 bits per heavy atom. The molecule has 7 nitrogen and oxygen atoms in total. The molecule has 0 unspecified atom stereocenters. The third-order valence-corrected chi connectivity index (χ3v) is 4.11. The quantitative estimate of drug-likeness (QED) is 0.874. The summed E-state index contributed by atoms with van der Waals surface area (Å²) in [6, 6.07) is 0. The van der Waals surface area contributed by atoms with Gasteiger partial charge in [-0.15, -0.1) is 11.3 Å². The van der Waals surface area contributed by atoms with Crippen LogP contribution in [-0.4, -0.2) is 31.7 Å². The van der Waals surface area contributed by atoms with Crippen molar-refractivity contribution in [3.05, 3.63) is 26.6 Å². The average Bonchev–Trinajstić information content (AvgIpc) is 2.69. The summed E-state index contributed by atoms with van der Waals surface area (Å²) < 4.78 is 1.08. The predicted molar refractivity (Wildman–Crippen MR) is 72.6 cm³/mol. The second-order valence-corrected chi connectivity index (χ2v) is 5.21. The molecule has 2 aromatic rings. The number of aryl methyl sites for hydroxylation is 2. The standard InChI is InChI=1S/C12H12N2O5S/c1-3-6-13-10-8(5(2)9(20-10)12(18)19)11(17)14(6)4-7(15)16/h3-4H2,1-2H3,(H,15,16)(H,18,19). The van der Waals surface area contributed by atoms with Crippen molar-refractivity contribution in [1.82, 2.24) is 9.55 Å². The molecular formula is C12H12N2O5S. The zero-order chi connectivity index (χ0) is 15.0. The SMILES string of the molecule is CCc1nc2sc(C(=O)O)c(C)c2c(=O)n1CC(=O)O. The maximum absolute atomic E-state index is 12.4. The van der Waals surface area contributed by atoms with Crippen molar-refractivity contribution in [1.29, 1.82) is 0 Å². The van der Waals surface area contributed by atoms with E-state index in [1.807, 2.05) is 0 Å². The molecule has 0 radical (unpaired) electrons. The van der Waals surface area contributed by atoms with E-state index in [0.717, 1.165) is 15.9 Å². The summed E-state index contributed by atoms with van der Waals surface area (Å²) in [4.78, 5) is 38.9. The van der Waals surface area contributed by atoms with Gasteiger partial charge in [-0.2, -0.15) is 0 Å². The van der Waals surface area contributed by atoms with E-state index in [1.165, 1.54) is 6.92 Å². The molecule has 0 aliphatic rings. The molecule has 0 aromatic carbocycles. The molecule has 0 atom stereocenters. The first-order valence-electron chi connectivity index (χ1n) is 5.84. The lowest BCUT2D eigenvalue weighted by Crippen LogP contribution is -2.28. The number of carbonyl (C=O) groups is 2. The lowest BCUT2D eigenvalue weighted by Gasteiger charge is -2.08. The van der Waals surface area contributed by atoms with E-state index in [2.05, 4.69) is 4.98 Å². The van der Waals surface area contributed by atoms with Crippen LogP contribution in [0.5, 0.6) is 0 Å². The van der Waals surface area contributed by atoms with Gasteiger partial charge in [0.2, 0.25) is 0 Å². The topological polar surface area (TPSA) is 109 Å². The highest BCUT2D eigenvalue weighted by molar-refractivity contribution is 7.20. The van der Waals surface area contributed by atoms with Gasteiger partial charge in [-0.3, -0.25) is 14.2 Å². The van der Waals surface area contributed by atoms with Crippen molar-refractivity contribution in [2.75, 3.05) is 0 Å². The summed E-state index contributed by atoms with van der Waals surface area (Å²) in [5.74, 6) is -1.93. The number of aromatic carboxylic acids is 1.